The summed E-state index contributed by atoms with van der Waals surface area (Å²) in [7, 11) is 1.34. The molecule has 0 unspecified atom stereocenters. The molecule has 30 heavy (non-hydrogen) atoms. The molecule has 1 N–H and O–H groups in total. The monoisotopic (exact) mass is 409 g/mol. The Morgan fingerprint density at radius 3 is 2.37 bits per heavy atom. The topological polar surface area (TPSA) is 81.7 Å². The maximum Gasteiger partial charge on any atom is 0.337 e. The van der Waals surface area contributed by atoms with E-state index in [1.165, 1.54) is 7.11 Å². The van der Waals surface area contributed by atoms with Crippen molar-refractivity contribution in [3.05, 3.63) is 57.9 Å². The smallest absolute Gasteiger partial charge is 0.337 e. The van der Waals surface area contributed by atoms with Gasteiger partial charge in [-0.3, -0.25) is 4.79 Å². The Balaban J connectivity index is 1.74. The van der Waals surface area contributed by atoms with E-state index >= 15 is 0 Å². The second-order valence-electron chi connectivity index (χ2n) is 8.19. The number of esters is 2. The molecule has 1 heterocycles. The minimum Gasteiger partial charge on any atom is -0.465 e. The molecule has 158 valence electrons. The zero-order valence-electron chi connectivity index (χ0n) is 17.5. The van der Waals surface area contributed by atoms with Crippen LogP contribution in [0.2, 0.25) is 0 Å². The molecular weight excluding hydrogens is 382 g/mol. The number of nitrogens with one attached hydrogen (secondary N) is 1. The Labute approximate surface area is 176 Å². The van der Waals surface area contributed by atoms with Crippen LogP contribution in [0, 0.1) is 0 Å². The Bertz CT molecular complexity index is 935. The number of benzene rings is 1. The highest BCUT2D eigenvalue weighted by Gasteiger charge is 2.39. The lowest BCUT2D eigenvalue weighted by Crippen LogP contribution is -2.35. The molecule has 0 saturated heterocycles. The normalized spacial score (nSPS) is 21.9. The summed E-state index contributed by atoms with van der Waals surface area (Å²) in [5.74, 6) is -1.22. The van der Waals surface area contributed by atoms with Gasteiger partial charge in [0.05, 0.1) is 18.2 Å². The van der Waals surface area contributed by atoms with Crippen LogP contribution in [0.1, 0.15) is 73.7 Å². The van der Waals surface area contributed by atoms with Gasteiger partial charge in [-0.1, -0.05) is 12.1 Å². The summed E-state index contributed by atoms with van der Waals surface area (Å²) in [5, 5.41) is 3.31. The third-order valence-electron chi connectivity index (χ3n) is 6.24. The number of hydrogen-bond acceptors (Lipinski definition) is 6. The molecule has 1 fully saturated rings. The highest BCUT2D eigenvalue weighted by Crippen LogP contribution is 2.43. The van der Waals surface area contributed by atoms with Gasteiger partial charge in [-0.25, -0.2) is 9.59 Å². The van der Waals surface area contributed by atoms with E-state index < -0.39 is 11.9 Å². The van der Waals surface area contributed by atoms with Crippen molar-refractivity contribution < 1.29 is 23.9 Å². The minimum absolute atomic E-state index is 0.0578. The van der Waals surface area contributed by atoms with E-state index in [0.717, 1.165) is 55.5 Å². The molecule has 6 heteroatoms. The van der Waals surface area contributed by atoms with Gasteiger partial charge in [-0.05, 0) is 63.1 Å². The number of rotatable bonds is 4. The summed E-state index contributed by atoms with van der Waals surface area (Å²) >= 11 is 0. The molecule has 0 bridgehead atoms. The molecule has 3 aliphatic rings. The number of ketones is 1. The molecule has 1 saturated carbocycles. The van der Waals surface area contributed by atoms with Gasteiger partial charge in [-0.15, -0.1) is 0 Å². The molecule has 2 aliphatic carbocycles. The van der Waals surface area contributed by atoms with Crippen LogP contribution in [0.4, 0.5) is 0 Å². The lowest BCUT2D eigenvalue weighted by Gasteiger charge is -2.34. The molecule has 1 atom stereocenters. The summed E-state index contributed by atoms with van der Waals surface area (Å²) in [6, 6.07) is 6.94. The average Bonchev–Trinajstić information content (AvgIpc) is 3.25. The number of carbonyl (C=O) groups is 3. The van der Waals surface area contributed by atoms with Crippen molar-refractivity contribution in [1.82, 2.24) is 5.32 Å². The molecule has 1 aromatic rings. The SMILES string of the molecule is COC(=O)c1ccc([C@@H]2C(C(=O)OC3CCCC3)=C(C)NC3=C2C(=O)CCC3)cc1. The molecule has 6 nitrogen and oxygen atoms in total. The Kier molecular flexibility index (Phi) is 5.75. The Morgan fingerprint density at radius 1 is 1.00 bits per heavy atom. The predicted octanol–water partition coefficient (Wildman–Crippen LogP) is 3.93. The first-order chi connectivity index (χ1) is 14.5. The highest BCUT2D eigenvalue weighted by molar-refractivity contribution is 6.03. The van der Waals surface area contributed by atoms with E-state index in [-0.39, 0.29) is 17.9 Å². The molecule has 0 spiro atoms. The predicted molar refractivity (Wildman–Crippen MR) is 111 cm³/mol. The van der Waals surface area contributed by atoms with Crippen LogP contribution in [0.25, 0.3) is 0 Å². The maximum atomic E-state index is 13.2. The molecule has 0 amide bonds. The van der Waals surface area contributed by atoms with Crippen molar-refractivity contribution in [2.24, 2.45) is 0 Å². The van der Waals surface area contributed by atoms with Gasteiger partial charge >= 0.3 is 11.9 Å². The van der Waals surface area contributed by atoms with E-state index in [2.05, 4.69) is 5.32 Å². The second-order valence-corrected chi connectivity index (χ2v) is 8.19. The number of allylic oxidation sites excluding steroid dienone is 3. The number of Topliss-reactive ketones (excluding diaryl/α,β-unsaturated/α-hetero) is 1. The number of carbonyl (C=O) groups excluding carboxylic acids is 3. The third-order valence-corrected chi connectivity index (χ3v) is 6.24. The van der Waals surface area contributed by atoms with Crippen molar-refractivity contribution >= 4 is 17.7 Å². The van der Waals surface area contributed by atoms with E-state index in [1.807, 2.05) is 6.92 Å². The quantitative estimate of drug-likeness (QED) is 0.759. The van der Waals surface area contributed by atoms with Crippen LogP contribution < -0.4 is 5.32 Å². The third kappa shape index (κ3) is 3.78. The van der Waals surface area contributed by atoms with Gasteiger partial charge < -0.3 is 14.8 Å². The largest absolute Gasteiger partial charge is 0.465 e. The highest BCUT2D eigenvalue weighted by atomic mass is 16.5. The van der Waals surface area contributed by atoms with Crippen molar-refractivity contribution in [1.29, 1.82) is 0 Å². The van der Waals surface area contributed by atoms with Crippen molar-refractivity contribution in [3.63, 3.8) is 0 Å². The molecular formula is C24H27NO5. The maximum absolute atomic E-state index is 13.2. The lowest BCUT2D eigenvalue weighted by atomic mass is 9.75. The Morgan fingerprint density at radius 2 is 1.70 bits per heavy atom. The van der Waals surface area contributed by atoms with Crippen LogP contribution in [-0.4, -0.2) is 30.9 Å². The zero-order chi connectivity index (χ0) is 21.3. The molecule has 1 aromatic carbocycles. The molecule has 0 aromatic heterocycles. The fourth-order valence-corrected chi connectivity index (χ4v) is 4.74. The average molecular weight is 409 g/mol. The summed E-state index contributed by atoms with van der Waals surface area (Å²) in [6.45, 7) is 1.87. The van der Waals surface area contributed by atoms with Gasteiger partial charge in [0, 0.05) is 29.3 Å². The fraction of sp³-hybridized carbons (Fsp3) is 0.458. The van der Waals surface area contributed by atoms with Crippen molar-refractivity contribution in [3.8, 4) is 0 Å². The standard InChI is InChI=1S/C24H27NO5/c1-14-20(24(28)30-17-6-3-4-7-17)21(22-18(25-14)8-5-9-19(22)26)15-10-12-16(13-11-15)23(27)29-2/h10-13,17,21,25H,3-9H2,1-2H3/t21-/m1/s1. The first kappa shape index (κ1) is 20.4. The number of ether oxygens (including phenoxy) is 2. The van der Waals surface area contributed by atoms with Gasteiger partial charge in [-0.2, -0.15) is 0 Å². The van der Waals surface area contributed by atoms with Crippen LogP contribution >= 0.6 is 0 Å². The summed E-state index contributed by atoms with van der Waals surface area (Å²) < 4.78 is 10.6. The molecule has 0 radical (unpaired) electrons. The van der Waals surface area contributed by atoms with Crippen LogP contribution in [0.15, 0.2) is 46.8 Å². The number of hydrogen-bond donors (Lipinski definition) is 1. The fourth-order valence-electron chi connectivity index (χ4n) is 4.74. The lowest BCUT2D eigenvalue weighted by molar-refractivity contribution is -0.144. The van der Waals surface area contributed by atoms with E-state index in [1.54, 1.807) is 24.3 Å². The van der Waals surface area contributed by atoms with Crippen molar-refractivity contribution in [2.75, 3.05) is 7.11 Å². The van der Waals surface area contributed by atoms with Gasteiger partial charge in [0.1, 0.15) is 6.10 Å². The first-order valence-corrected chi connectivity index (χ1v) is 10.6. The molecule has 1 aliphatic heterocycles. The first-order valence-electron chi connectivity index (χ1n) is 10.6. The van der Waals surface area contributed by atoms with E-state index in [9.17, 15) is 14.4 Å². The van der Waals surface area contributed by atoms with Gasteiger partial charge in [0.25, 0.3) is 0 Å². The van der Waals surface area contributed by atoms with Crippen LogP contribution in [-0.2, 0) is 19.1 Å². The zero-order valence-corrected chi connectivity index (χ0v) is 17.5. The van der Waals surface area contributed by atoms with Crippen LogP contribution in [0.5, 0.6) is 0 Å². The van der Waals surface area contributed by atoms with Gasteiger partial charge in [0.2, 0.25) is 0 Å². The van der Waals surface area contributed by atoms with Gasteiger partial charge in [0.15, 0.2) is 5.78 Å². The van der Waals surface area contributed by atoms with E-state index in [4.69, 9.17) is 9.47 Å². The molecule has 4 rings (SSSR count). The van der Waals surface area contributed by atoms with Crippen LogP contribution in [0.3, 0.4) is 0 Å². The minimum atomic E-state index is -0.491. The van der Waals surface area contributed by atoms with Crippen molar-refractivity contribution in [2.45, 2.75) is 63.9 Å². The summed E-state index contributed by atoms with van der Waals surface area (Å²) in [5.41, 5.74) is 3.98. The number of dihydropyridines is 1. The number of methoxy groups -OCH3 is 1. The second kappa shape index (κ2) is 8.46. The summed E-state index contributed by atoms with van der Waals surface area (Å²) in [6.07, 6.45) is 5.90. The van der Waals surface area contributed by atoms with E-state index in [0.29, 0.717) is 23.1 Å². The Hall–Kier alpha value is -2.89. The summed E-state index contributed by atoms with van der Waals surface area (Å²) in [4.78, 5) is 37.9.